The van der Waals surface area contributed by atoms with Gasteiger partial charge in [-0.3, -0.25) is 14.2 Å². The van der Waals surface area contributed by atoms with Crippen molar-refractivity contribution < 1.29 is 24.1 Å². The number of carbonyl (C=O) groups is 1. The summed E-state index contributed by atoms with van der Waals surface area (Å²) in [4.78, 5) is 33.3. The number of aromatic nitrogens is 1. The molecule has 1 amide bonds. The van der Waals surface area contributed by atoms with E-state index in [1.807, 2.05) is 37.3 Å². The Morgan fingerprint density at radius 1 is 0.960 bits per heavy atom. The number of anilines is 1. The third kappa shape index (κ3) is 7.42. The van der Waals surface area contributed by atoms with E-state index in [4.69, 9.17) is 42.4 Å². The van der Waals surface area contributed by atoms with Crippen molar-refractivity contribution in [2.45, 2.75) is 33.4 Å². The minimum Gasteiger partial charge on any atom is -0.504 e. The highest BCUT2D eigenvalue weighted by Crippen LogP contribution is 2.38. The Morgan fingerprint density at radius 2 is 1.68 bits per heavy atom. The van der Waals surface area contributed by atoms with Crippen LogP contribution in [0.25, 0.3) is 6.08 Å². The molecule has 1 aliphatic rings. The highest BCUT2D eigenvalue weighted by atomic mass is 35.5. The Morgan fingerprint density at radius 3 is 2.40 bits per heavy atom. The summed E-state index contributed by atoms with van der Waals surface area (Å²) in [5.41, 5.74) is 3.05. The number of allylic oxidation sites excluding steroid dienone is 1. The molecule has 0 radical (unpaired) electrons. The molecule has 0 unspecified atom stereocenters. The summed E-state index contributed by atoms with van der Waals surface area (Å²) >= 11 is 13.9. The molecule has 4 aromatic carbocycles. The SMILES string of the molecule is CCOc1cc([C@@H]2C(C(=O)Nc3ccccc3)=C(C)N=c3s/c(=C\c4cc(Cl)c(OCc5ccc(Cl)cc5)c(OCC)c4)c(=O)n32)ccc1O. The van der Waals surface area contributed by atoms with Gasteiger partial charge in [-0.05, 0) is 92.1 Å². The minimum absolute atomic E-state index is 0.0541. The predicted octanol–water partition coefficient (Wildman–Crippen LogP) is 7.26. The number of nitrogens with one attached hydrogen (secondary N) is 1. The van der Waals surface area contributed by atoms with Crippen LogP contribution in [0.3, 0.4) is 0 Å². The van der Waals surface area contributed by atoms with Gasteiger partial charge in [-0.25, -0.2) is 4.99 Å². The van der Waals surface area contributed by atoms with E-state index in [1.165, 1.54) is 22.0 Å². The van der Waals surface area contributed by atoms with E-state index in [0.717, 1.165) is 5.56 Å². The number of phenolic OH excluding ortho intramolecular Hbond substituents is 1. The standard InChI is InChI=1S/C38H33Cl2N3O6S/c1-4-47-30-20-25(13-16-29(30)44)34-33(36(45)42-27-9-7-6-8-10-27)22(3)41-38-43(34)37(46)32(50-38)19-24-17-28(40)35(31(18-24)48-5-2)49-21-23-11-14-26(39)15-12-23/h6-20,34,44H,4-5,21H2,1-3H3,(H,42,45)/b32-19-/t34-/m1/s1. The molecule has 5 aromatic rings. The largest absolute Gasteiger partial charge is 0.504 e. The van der Waals surface area contributed by atoms with Crippen molar-refractivity contribution in [2.75, 3.05) is 18.5 Å². The highest BCUT2D eigenvalue weighted by Gasteiger charge is 2.33. The fourth-order valence-electron chi connectivity index (χ4n) is 5.58. The summed E-state index contributed by atoms with van der Waals surface area (Å²) in [6, 6.07) is 23.8. The van der Waals surface area contributed by atoms with Gasteiger partial charge in [0.05, 0.1) is 40.1 Å². The summed E-state index contributed by atoms with van der Waals surface area (Å²) < 4.78 is 19.5. The molecule has 1 aliphatic heterocycles. The maximum atomic E-state index is 14.3. The van der Waals surface area contributed by atoms with E-state index < -0.39 is 11.9 Å². The van der Waals surface area contributed by atoms with Crippen LogP contribution < -0.4 is 34.4 Å². The maximum absolute atomic E-state index is 14.3. The number of ether oxygens (including phenoxy) is 3. The average Bonchev–Trinajstić information content (AvgIpc) is 3.39. The number of phenols is 1. The van der Waals surface area contributed by atoms with Crippen LogP contribution in [0.1, 0.15) is 43.5 Å². The fraction of sp³-hybridized carbons (Fsp3) is 0.184. The zero-order chi connectivity index (χ0) is 35.4. The number of nitrogens with zero attached hydrogens (tertiary/aromatic N) is 2. The normalized spacial score (nSPS) is 14.2. The predicted molar refractivity (Wildman–Crippen MR) is 197 cm³/mol. The number of fused-ring (bicyclic) bond motifs is 1. The van der Waals surface area contributed by atoms with E-state index in [0.29, 0.717) is 66.6 Å². The number of amides is 1. The van der Waals surface area contributed by atoms with Gasteiger partial charge in [0.15, 0.2) is 27.8 Å². The Hall–Kier alpha value is -5.03. The van der Waals surface area contributed by atoms with E-state index in [2.05, 4.69) is 5.32 Å². The Labute approximate surface area is 302 Å². The molecule has 0 saturated carbocycles. The topological polar surface area (TPSA) is 111 Å². The van der Waals surface area contributed by atoms with Gasteiger partial charge in [-0.2, -0.15) is 0 Å². The van der Waals surface area contributed by atoms with Crippen molar-refractivity contribution in [3.63, 3.8) is 0 Å². The third-order valence-corrected chi connectivity index (χ3v) is 9.34. The second-order valence-electron chi connectivity index (χ2n) is 11.2. The van der Waals surface area contributed by atoms with E-state index >= 15 is 0 Å². The van der Waals surface area contributed by atoms with Crippen molar-refractivity contribution >= 4 is 52.2 Å². The summed E-state index contributed by atoms with van der Waals surface area (Å²) in [5, 5.41) is 14.3. The van der Waals surface area contributed by atoms with Gasteiger partial charge < -0.3 is 24.6 Å². The molecular formula is C38H33Cl2N3O6S. The van der Waals surface area contributed by atoms with Crippen LogP contribution in [0.15, 0.2) is 106 Å². The number of benzene rings is 4. The molecule has 12 heteroatoms. The minimum atomic E-state index is -0.872. The zero-order valence-corrected chi connectivity index (χ0v) is 29.7. The van der Waals surface area contributed by atoms with Crippen LogP contribution in [0.5, 0.6) is 23.0 Å². The molecule has 2 N–H and O–H groups in total. The van der Waals surface area contributed by atoms with Gasteiger partial charge in [0, 0.05) is 10.7 Å². The van der Waals surface area contributed by atoms with Crippen LogP contribution in [-0.2, 0) is 11.4 Å². The number of hydrogen-bond acceptors (Lipinski definition) is 8. The second kappa shape index (κ2) is 15.2. The lowest BCUT2D eigenvalue weighted by atomic mass is 9.94. The number of para-hydroxylation sites is 1. The van der Waals surface area contributed by atoms with Crippen LogP contribution in [0, 0.1) is 0 Å². The van der Waals surface area contributed by atoms with E-state index in [-0.39, 0.29) is 29.2 Å². The Kier molecular flexibility index (Phi) is 10.6. The smallest absolute Gasteiger partial charge is 0.271 e. The lowest BCUT2D eigenvalue weighted by molar-refractivity contribution is -0.113. The van der Waals surface area contributed by atoms with Crippen molar-refractivity contribution in [2.24, 2.45) is 4.99 Å². The molecule has 6 rings (SSSR count). The summed E-state index contributed by atoms with van der Waals surface area (Å²) in [7, 11) is 0. The monoisotopic (exact) mass is 729 g/mol. The number of hydrogen-bond donors (Lipinski definition) is 2. The van der Waals surface area contributed by atoms with Crippen molar-refractivity contribution in [3.8, 4) is 23.0 Å². The molecule has 1 atom stereocenters. The molecule has 0 bridgehead atoms. The lowest BCUT2D eigenvalue weighted by Crippen LogP contribution is -2.40. The second-order valence-corrected chi connectivity index (χ2v) is 13.1. The summed E-state index contributed by atoms with van der Waals surface area (Å²) in [6.07, 6.45) is 1.71. The van der Waals surface area contributed by atoms with Crippen molar-refractivity contribution in [1.29, 1.82) is 0 Å². The van der Waals surface area contributed by atoms with Gasteiger partial charge in [0.1, 0.15) is 6.61 Å². The molecule has 0 spiro atoms. The molecular weight excluding hydrogens is 697 g/mol. The summed E-state index contributed by atoms with van der Waals surface area (Å²) in [6.45, 7) is 6.33. The molecule has 1 aromatic heterocycles. The first kappa shape index (κ1) is 34.8. The molecule has 2 heterocycles. The highest BCUT2D eigenvalue weighted by molar-refractivity contribution is 7.07. The number of thiazole rings is 1. The first-order valence-electron chi connectivity index (χ1n) is 15.8. The van der Waals surface area contributed by atoms with Gasteiger partial charge in [-0.1, -0.05) is 70.9 Å². The van der Waals surface area contributed by atoms with Gasteiger partial charge in [0.25, 0.3) is 11.5 Å². The fourth-order valence-corrected chi connectivity index (χ4v) is 7.03. The molecule has 0 saturated heterocycles. The number of aromatic hydroxyl groups is 1. The van der Waals surface area contributed by atoms with E-state index in [1.54, 1.807) is 68.5 Å². The van der Waals surface area contributed by atoms with Crippen LogP contribution in [0.4, 0.5) is 5.69 Å². The van der Waals surface area contributed by atoms with Crippen LogP contribution in [0.2, 0.25) is 10.0 Å². The first-order valence-corrected chi connectivity index (χ1v) is 17.4. The Balaban J connectivity index is 1.43. The van der Waals surface area contributed by atoms with Gasteiger partial charge in [-0.15, -0.1) is 0 Å². The van der Waals surface area contributed by atoms with Gasteiger partial charge in [0.2, 0.25) is 0 Å². The van der Waals surface area contributed by atoms with Crippen molar-refractivity contribution in [3.05, 3.63) is 143 Å². The molecule has 9 nitrogen and oxygen atoms in total. The van der Waals surface area contributed by atoms with Crippen LogP contribution in [-0.4, -0.2) is 28.8 Å². The maximum Gasteiger partial charge on any atom is 0.271 e. The van der Waals surface area contributed by atoms with Gasteiger partial charge >= 0.3 is 0 Å². The summed E-state index contributed by atoms with van der Waals surface area (Å²) in [5.74, 6) is 0.575. The third-order valence-electron chi connectivity index (χ3n) is 7.82. The van der Waals surface area contributed by atoms with E-state index in [9.17, 15) is 14.7 Å². The van der Waals surface area contributed by atoms with Crippen molar-refractivity contribution in [1.82, 2.24) is 4.57 Å². The quantitative estimate of drug-likeness (QED) is 0.148. The molecule has 0 aliphatic carbocycles. The lowest BCUT2D eigenvalue weighted by Gasteiger charge is -2.26. The molecule has 256 valence electrons. The average molecular weight is 731 g/mol. The zero-order valence-electron chi connectivity index (χ0n) is 27.4. The number of carbonyl (C=O) groups excluding carboxylic acids is 1. The molecule has 50 heavy (non-hydrogen) atoms. The first-order chi connectivity index (χ1) is 24.2. The molecule has 0 fully saturated rings. The number of rotatable bonds is 11. The van der Waals surface area contributed by atoms with Crippen LogP contribution >= 0.6 is 34.5 Å². The Bertz CT molecular complexity index is 2270. The number of halogens is 2.